The first-order valence-electron chi connectivity index (χ1n) is 7.20. The van der Waals surface area contributed by atoms with Crippen molar-refractivity contribution in [1.29, 1.82) is 0 Å². The Morgan fingerprint density at radius 3 is 2.26 bits per heavy atom. The van der Waals surface area contributed by atoms with E-state index in [1.807, 2.05) is 36.4 Å². The van der Waals surface area contributed by atoms with Gasteiger partial charge in [-0.15, -0.1) is 6.42 Å². The lowest BCUT2D eigenvalue weighted by molar-refractivity contribution is -0.144. The number of terminal acetylenes is 1. The molecular weight excluding hydrogens is 290 g/mol. The molecule has 4 nitrogen and oxygen atoms in total. The molecule has 0 saturated carbocycles. The summed E-state index contributed by atoms with van der Waals surface area (Å²) in [6, 6.07) is 17.3. The minimum Gasteiger partial charge on any atom is -0.451 e. The van der Waals surface area contributed by atoms with Crippen LogP contribution >= 0.6 is 0 Å². The normalized spacial score (nSPS) is 11.1. The van der Waals surface area contributed by atoms with Gasteiger partial charge in [0.2, 0.25) is 0 Å². The molecule has 1 unspecified atom stereocenters. The SMILES string of the molecule is C#CCOC(=O)C(Cc1ccccc1)NC(=O)c1ccccc1. The first kappa shape index (κ1) is 16.3. The molecule has 2 rings (SSSR count). The molecule has 116 valence electrons. The van der Waals surface area contributed by atoms with E-state index in [1.165, 1.54) is 0 Å². The van der Waals surface area contributed by atoms with Crippen molar-refractivity contribution in [2.45, 2.75) is 12.5 Å². The molecule has 0 radical (unpaired) electrons. The molecule has 4 heteroatoms. The number of carbonyl (C=O) groups is 2. The Bertz CT molecular complexity index is 690. The highest BCUT2D eigenvalue weighted by atomic mass is 16.5. The van der Waals surface area contributed by atoms with Crippen molar-refractivity contribution < 1.29 is 14.3 Å². The Balaban J connectivity index is 2.11. The van der Waals surface area contributed by atoms with Crippen molar-refractivity contribution in [1.82, 2.24) is 5.32 Å². The molecule has 2 aromatic rings. The smallest absolute Gasteiger partial charge is 0.329 e. The Kier molecular flexibility index (Phi) is 5.96. The van der Waals surface area contributed by atoms with Crippen molar-refractivity contribution in [2.75, 3.05) is 6.61 Å². The van der Waals surface area contributed by atoms with Gasteiger partial charge in [-0.2, -0.15) is 0 Å². The van der Waals surface area contributed by atoms with Crippen LogP contribution in [-0.2, 0) is 16.0 Å². The van der Waals surface area contributed by atoms with Crippen molar-refractivity contribution in [2.24, 2.45) is 0 Å². The van der Waals surface area contributed by atoms with Gasteiger partial charge in [-0.05, 0) is 17.7 Å². The van der Waals surface area contributed by atoms with Crippen molar-refractivity contribution in [3.8, 4) is 12.3 Å². The highest BCUT2D eigenvalue weighted by Crippen LogP contribution is 2.07. The third-order valence-corrected chi connectivity index (χ3v) is 3.21. The van der Waals surface area contributed by atoms with Crippen LogP contribution < -0.4 is 5.32 Å². The maximum atomic E-state index is 12.3. The van der Waals surface area contributed by atoms with E-state index in [2.05, 4.69) is 11.2 Å². The number of benzene rings is 2. The van der Waals surface area contributed by atoms with Gasteiger partial charge in [0.25, 0.3) is 5.91 Å². The second-order valence-electron chi connectivity index (χ2n) is 4.89. The summed E-state index contributed by atoms with van der Waals surface area (Å²) in [7, 11) is 0. The standard InChI is InChI=1S/C19H17NO3/c1-2-13-23-19(22)17(14-15-9-5-3-6-10-15)20-18(21)16-11-7-4-8-12-16/h1,3-12,17H,13-14H2,(H,20,21). The van der Waals surface area contributed by atoms with Gasteiger partial charge in [-0.25, -0.2) is 4.79 Å². The van der Waals surface area contributed by atoms with Crippen LogP contribution in [0.4, 0.5) is 0 Å². The fraction of sp³-hybridized carbons (Fsp3) is 0.158. The molecule has 0 saturated heterocycles. The Morgan fingerprint density at radius 1 is 1.04 bits per heavy atom. The molecule has 0 aliphatic carbocycles. The first-order chi connectivity index (χ1) is 11.2. The highest BCUT2D eigenvalue weighted by molar-refractivity contribution is 5.96. The quantitative estimate of drug-likeness (QED) is 0.657. The molecule has 2 aromatic carbocycles. The van der Waals surface area contributed by atoms with E-state index < -0.39 is 12.0 Å². The van der Waals surface area contributed by atoms with Crippen LogP contribution in [0.2, 0.25) is 0 Å². The van der Waals surface area contributed by atoms with Gasteiger partial charge >= 0.3 is 5.97 Å². The molecule has 0 aliphatic rings. The van der Waals surface area contributed by atoms with Gasteiger partial charge in [0.05, 0.1) is 0 Å². The second kappa shape index (κ2) is 8.40. The zero-order chi connectivity index (χ0) is 16.5. The summed E-state index contributed by atoms with van der Waals surface area (Å²) < 4.78 is 4.97. The molecule has 0 bridgehead atoms. The summed E-state index contributed by atoms with van der Waals surface area (Å²) in [6.07, 6.45) is 5.44. The number of amides is 1. The minimum atomic E-state index is -0.793. The number of hydrogen-bond donors (Lipinski definition) is 1. The Labute approximate surface area is 135 Å². The maximum absolute atomic E-state index is 12.3. The third kappa shape index (κ3) is 5.01. The maximum Gasteiger partial charge on any atom is 0.329 e. The van der Waals surface area contributed by atoms with Crippen LogP contribution in [0, 0.1) is 12.3 Å². The monoisotopic (exact) mass is 307 g/mol. The van der Waals surface area contributed by atoms with Crippen LogP contribution in [0.3, 0.4) is 0 Å². The van der Waals surface area contributed by atoms with E-state index in [0.29, 0.717) is 12.0 Å². The predicted molar refractivity (Wildman–Crippen MR) is 87.6 cm³/mol. The van der Waals surface area contributed by atoms with Gasteiger partial charge in [0.15, 0.2) is 6.61 Å². The first-order valence-corrected chi connectivity index (χ1v) is 7.20. The summed E-state index contributed by atoms with van der Waals surface area (Å²) >= 11 is 0. The van der Waals surface area contributed by atoms with Gasteiger partial charge < -0.3 is 10.1 Å². The van der Waals surface area contributed by atoms with E-state index in [1.54, 1.807) is 24.3 Å². The summed E-state index contributed by atoms with van der Waals surface area (Å²) in [5, 5.41) is 2.71. The van der Waals surface area contributed by atoms with Crippen LogP contribution in [0.5, 0.6) is 0 Å². The summed E-state index contributed by atoms with van der Waals surface area (Å²) in [6.45, 7) is -0.120. The number of rotatable bonds is 6. The lowest BCUT2D eigenvalue weighted by Gasteiger charge is -2.17. The Hall–Kier alpha value is -3.06. The zero-order valence-electron chi connectivity index (χ0n) is 12.6. The minimum absolute atomic E-state index is 0.120. The highest BCUT2D eigenvalue weighted by Gasteiger charge is 2.23. The van der Waals surface area contributed by atoms with Crippen molar-refractivity contribution in [3.63, 3.8) is 0 Å². The molecule has 1 atom stereocenters. The molecule has 0 fully saturated rings. The topological polar surface area (TPSA) is 55.4 Å². The van der Waals surface area contributed by atoms with Crippen LogP contribution in [0.25, 0.3) is 0 Å². The van der Waals surface area contributed by atoms with Gasteiger partial charge in [0, 0.05) is 12.0 Å². The molecule has 0 heterocycles. The van der Waals surface area contributed by atoms with E-state index in [0.717, 1.165) is 5.56 Å². The third-order valence-electron chi connectivity index (χ3n) is 3.21. The fourth-order valence-corrected chi connectivity index (χ4v) is 2.09. The lowest BCUT2D eigenvalue weighted by atomic mass is 10.1. The largest absolute Gasteiger partial charge is 0.451 e. The number of carbonyl (C=O) groups excluding carboxylic acids is 2. The number of esters is 1. The number of ether oxygens (including phenoxy) is 1. The van der Waals surface area contributed by atoms with Gasteiger partial charge in [-0.1, -0.05) is 54.5 Å². The van der Waals surface area contributed by atoms with Crippen LogP contribution in [0.1, 0.15) is 15.9 Å². The molecule has 0 spiro atoms. The summed E-state index contributed by atoms with van der Waals surface area (Å²) in [4.78, 5) is 24.4. The summed E-state index contributed by atoms with van der Waals surface area (Å²) in [5.41, 5.74) is 1.40. The lowest BCUT2D eigenvalue weighted by Crippen LogP contribution is -2.43. The van der Waals surface area contributed by atoms with Crippen LogP contribution in [0.15, 0.2) is 60.7 Å². The molecule has 23 heavy (non-hydrogen) atoms. The molecular formula is C19H17NO3. The van der Waals surface area contributed by atoms with Crippen molar-refractivity contribution in [3.05, 3.63) is 71.8 Å². The molecule has 0 aromatic heterocycles. The van der Waals surface area contributed by atoms with E-state index in [-0.39, 0.29) is 12.5 Å². The molecule has 1 N–H and O–H groups in total. The van der Waals surface area contributed by atoms with E-state index in [4.69, 9.17) is 11.2 Å². The zero-order valence-corrected chi connectivity index (χ0v) is 12.6. The Morgan fingerprint density at radius 2 is 1.65 bits per heavy atom. The molecule has 1 amide bonds. The van der Waals surface area contributed by atoms with Gasteiger partial charge in [0.1, 0.15) is 6.04 Å². The predicted octanol–water partition coefficient (Wildman–Crippen LogP) is 2.20. The summed E-state index contributed by atoms with van der Waals surface area (Å²) in [5.74, 6) is 1.37. The fourth-order valence-electron chi connectivity index (χ4n) is 2.09. The molecule has 0 aliphatic heterocycles. The average Bonchev–Trinajstić information content (AvgIpc) is 2.60. The second-order valence-corrected chi connectivity index (χ2v) is 4.89. The number of nitrogens with one attached hydrogen (secondary N) is 1. The average molecular weight is 307 g/mol. The van der Waals surface area contributed by atoms with E-state index in [9.17, 15) is 9.59 Å². The number of hydrogen-bond acceptors (Lipinski definition) is 3. The van der Waals surface area contributed by atoms with Gasteiger partial charge in [-0.3, -0.25) is 4.79 Å². The van der Waals surface area contributed by atoms with Crippen molar-refractivity contribution >= 4 is 11.9 Å². The van der Waals surface area contributed by atoms with Crippen LogP contribution in [-0.4, -0.2) is 24.5 Å². The van der Waals surface area contributed by atoms with E-state index >= 15 is 0 Å².